The Hall–Kier alpha value is -0.220. The fraction of sp³-hybridized carbons (Fsp3) is 0.455. The second-order valence-electron chi connectivity index (χ2n) is 3.73. The molecule has 0 spiro atoms. The van der Waals surface area contributed by atoms with Gasteiger partial charge in [0.2, 0.25) is 0 Å². The molecule has 4 heteroatoms. The normalized spacial score (nSPS) is 22.2. The van der Waals surface area contributed by atoms with E-state index in [1.54, 1.807) is 11.8 Å². The monoisotopic (exact) mass is 243 g/mol. The van der Waals surface area contributed by atoms with Crippen molar-refractivity contribution >= 4 is 23.4 Å². The van der Waals surface area contributed by atoms with Gasteiger partial charge < -0.3 is 10.8 Å². The number of nitrogens with two attached hydrogens (primary N) is 1. The second-order valence-corrected chi connectivity index (χ2v) is 5.30. The van der Waals surface area contributed by atoms with Crippen LogP contribution in [0.15, 0.2) is 23.1 Å². The van der Waals surface area contributed by atoms with Crippen molar-refractivity contribution in [3.05, 3.63) is 28.8 Å². The van der Waals surface area contributed by atoms with Gasteiger partial charge in [0.1, 0.15) is 0 Å². The SMILES string of the molecule is NCC(O)C1CCSc2cc(Cl)ccc21. The molecular weight excluding hydrogens is 230 g/mol. The summed E-state index contributed by atoms with van der Waals surface area (Å²) in [5, 5.41) is 10.6. The summed E-state index contributed by atoms with van der Waals surface area (Å²) < 4.78 is 0. The highest BCUT2D eigenvalue weighted by molar-refractivity contribution is 7.99. The molecule has 1 heterocycles. The largest absolute Gasteiger partial charge is 0.391 e. The number of hydrogen-bond acceptors (Lipinski definition) is 3. The van der Waals surface area contributed by atoms with Crippen LogP contribution in [0.5, 0.6) is 0 Å². The summed E-state index contributed by atoms with van der Waals surface area (Å²) in [5.41, 5.74) is 6.70. The van der Waals surface area contributed by atoms with E-state index in [1.807, 2.05) is 18.2 Å². The summed E-state index contributed by atoms with van der Waals surface area (Å²) >= 11 is 7.74. The van der Waals surface area contributed by atoms with Crippen LogP contribution >= 0.6 is 23.4 Å². The van der Waals surface area contributed by atoms with Crippen LogP contribution in [0.1, 0.15) is 17.9 Å². The van der Waals surface area contributed by atoms with Crippen LogP contribution in [0.2, 0.25) is 5.02 Å². The third-order valence-corrected chi connectivity index (χ3v) is 4.11. The average molecular weight is 244 g/mol. The predicted octanol–water partition coefficient (Wildman–Crippen LogP) is 2.24. The minimum Gasteiger partial charge on any atom is -0.391 e. The van der Waals surface area contributed by atoms with E-state index in [2.05, 4.69) is 0 Å². The molecule has 2 atom stereocenters. The Labute approximate surface area is 98.8 Å². The molecular formula is C11H14ClNOS. The molecule has 1 aliphatic heterocycles. The molecule has 2 unspecified atom stereocenters. The minimum absolute atomic E-state index is 0.170. The fourth-order valence-electron chi connectivity index (χ4n) is 1.95. The fourth-order valence-corrected chi connectivity index (χ4v) is 3.38. The van der Waals surface area contributed by atoms with Gasteiger partial charge in [0.25, 0.3) is 0 Å². The van der Waals surface area contributed by atoms with Crippen LogP contribution in [0.3, 0.4) is 0 Å². The number of benzene rings is 1. The second kappa shape index (κ2) is 4.74. The first-order valence-corrected chi connectivity index (χ1v) is 6.39. The van der Waals surface area contributed by atoms with Crippen molar-refractivity contribution in [2.45, 2.75) is 23.3 Å². The maximum atomic E-state index is 9.83. The highest BCUT2D eigenvalue weighted by Crippen LogP contribution is 2.40. The van der Waals surface area contributed by atoms with Crippen LogP contribution in [-0.2, 0) is 0 Å². The summed E-state index contributed by atoms with van der Waals surface area (Å²) in [4.78, 5) is 1.19. The molecule has 82 valence electrons. The average Bonchev–Trinajstić information content (AvgIpc) is 2.26. The zero-order valence-corrected chi connectivity index (χ0v) is 9.89. The van der Waals surface area contributed by atoms with Crippen molar-refractivity contribution < 1.29 is 5.11 Å². The molecule has 1 aliphatic rings. The number of rotatable bonds is 2. The third kappa shape index (κ3) is 2.31. The summed E-state index contributed by atoms with van der Waals surface area (Å²) in [6.45, 7) is 0.317. The van der Waals surface area contributed by atoms with Crippen LogP contribution in [-0.4, -0.2) is 23.5 Å². The lowest BCUT2D eigenvalue weighted by Crippen LogP contribution is -2.29. The number of halogens is 1. The van der Waals surface area contributed by atoms with Gasteiger partial charge in [-0.2, -0.15) is 0 Å². The number of fused-ring (bicyclic) bond motifs is 1. The maximum absolute atomic E-state index is 9.83. The lowest BCUT2D eigenvalue weighted by molar-refractivity contribution is 0.147. The first-order valence-electron chi connectivity index (χ1n) is 5.02. The van der Waals surface area contributed by atoms with Crippen molar-refractivity contribution in [2.24, 2.45) is 5.73 Å². The van der Waals surface area contributed by atoms with E-state index in [1.165, 1.54) is 10.5 Å². The van der Waals surface area contributed by atoms with E-state index in [-0.39, 0.29) is 5.92 Å². The van der Waals surface area contributed by atoms with Gasteiger partial charge in [0, 0.05) is 22.4 Å². The number of aliphatic hydroxyl groups excluding tert-OH is 1. The highest BCUT2D eigenvalue weighted by Gasteiger charge is 2.26. The quantitative estimate of drug-likeness (QED) is 0.838. The Morgan fingerprint density at radius 2 is 2.40 bits per heavy atom. The van der Waals surface area contributed by atoms with Gasteiger partial charge in [-0.25, -0.2) is 0 Å². The number of aliphatic hydroxyl groups is 1. The molecule has 0 bridgehead atoms. The first-order chi connectivity index (χ1) is 7.22. The molecule has 0 aromatic heterocycles. The van der Waals surface area contributed by atoms with E-state index in [4.69, 9.17) is 17.3 Å². The molecule has 0 aliphatic carbocycles. The zero-order valence-electron chi connectivity index (χ0n) is 8.32. The summed E-state index contributed by atoms with van der Waals surface area (Å²) in [5.74, 6) is 1.19. The van der Waals surface area contributed by atoms with Crippen LogP contribution < -0.4 is 5.73 Å². The van der Waals surface area contributed by atoms with Gasteiger partial charge in [-0.05, 0) is 29.9 Å². The van der Waals surface area contributed by atoms with Crippen LogP contribution in [0, 0.1) is 0 Å². The zero-order chi connectivity index (χ0) is 10.8. The molecule has 0 radical (unpaired) electrons. The smallest absolute Gasteiger partial charge is 0.0731 e. The van der Waals surface area contributed by atoms with E-state index >= 15 is 0 Å². The van der Waals surface area contributed by atoms with Crippen LogP contribution in [0.25, 0.3) is 0 Å². The summed E-state index contributed by atoms with van der Waals surface area (Å²) in [6, 6.07) is 5.85. The molecule has 2 nitrogen and oxygen atoms in total. The first kappa shape index (κ1) is 11.3. The molecule has 15 heavy (non-hydrogen) atoms. The van der Waals surface area contributed by atoms with E-state index in [9.17, 15) is 5.11 Å². The van der Waals surface area contributed by atoms with Gasteiger partial charge in [-0.15, -0.1) is 11.8 Å². The number of thioether (sulfide) groups is 1. The standard InChI is InChI=1S/C11H14ClNOS/c12-7-1-2-9-8(10(14)6-13)3-4-15-11(9)5-7/h1-2,5,8,10,14H,3-4,6,13H2. The van der Waals surface area contributed by atoms with Crippen molar-refractivity contribution in [1.29, 1.82) is 0 Å². The highest BCUT2D eigenvalue weighted by atomic mass is 35.5. The molecule has 0 saturated carbocycles. The minimum atomic E-state index is -0.439. The van der Waals surface area contributed by atoms with Gasteiger partial charge >= 0.3 is 0 Å². The molecule has 0 saturated heterocycles. The molecule has 2 rings (SSSR count). The van der Waals surface area contributed by atoms with Crippen molar-refractivity contribution in [3.63, 3.8) is 0 Å². The topological polar surface area (TPSA) is 46.2 Å². The predicted molar refractivity (Wildman–Crippen MR) is 64.6 cm³/mol. The molecule has 1 aromatic rings. The Bertz CT molecular complexity index is 358. The lowest BCUT2D eigenvalue weighted by atomic mass is 9.90. The molecule has 3 N–H and O–H groups in total. The van der Waals surface area contributed by atoms with E-state index in [0.29, 0.717) is 6.54 Å². The Kier molecular flexibility index (Phi) is 3.57. The molecule has 0 fully saturated rings. The van der Waals surface area contributed by atoms with Crippen molar-refractivity contribution in [3.8, 4) is 0 Å². The van der Waals surface area contributed by atoms with E-state index < -0.39 is 6.10 Å². The molecule has 1 aromatic carbocycles. The van der Waals surface area contributed by atoms with Gasteiger partial charge in [-0.3, -0.25) is 0 Å². The van der Waals surface area contributed by atoms with Crippen LogP contribution in [0.4, 0.5) is 0 Å². The summed E-state index contributed by atoms with van der Waals surface area (Å²) in [7, 11) is 0. The Morgan fingerprint density at radius 1 is 1.60 bits per heavy atom. The van der Waals surface area contributed by atoms with Gasteiger partial charge in [0.05, 0.1) is 6.10 Å². The molecule has 0 amide bonds. The van der Waals surface area contributed by atoms with Crippen molar-refractivity contribution in [1.82, 2.24) is 0 Å². The van der Waals surface area contributed by atoms with E-state index in [0.717, 1.165) is 17.2 Å². The lowest BCUT2D eigenvalue weighted by Gasteiger charge is -2.28. The third-order valence-electron chi connectivity index (χ3n) is 2.77. The Balaban J connectivity index is 2.34. The Morgan fingerprint density at radius 3 is 3.13 bits per heavy atom. The van der Waals surface area contributed by atoms with Gasteiger partial charge in [-0.1, -0.05) is 17.7 Å². The summed E-state index contributed by atoms with van der Waals surface area (Å²) in [6.07, 6.45) is 0.545. The van der Waals surface area contributed by atoms with Crippen molar-refractivity contribution in [2.75, 3.05) is 12.3 Å². The maximum Gasteiger partial charge on any atom is 0.0731 e. The number of hydrogen-bond donors (Lipinski definition) is 2. The van der Waals surface area contributed by atoms with Gasteiger partial charge in [0.15, 0.2) is 0 Å².